The van der Waals surface area contributed by atoms with E-state index in [2.05, 4.69) is 28.2 Å². The van der Waals surface area contributed by atoms with Crippen LogP contribution in [0, 0.1) is 5.41 Å². The summed E-state index contributed by atoms with van der Waals surface area (Å²) in [7, 11) is 1.76. The molecule has 1 aromatic carbocycles. The summed E-state index contributed by atoms with van der Waals surface area (Å²) in [5, 5.41) is 15.4. The minimum atomic E-state index is -0.367. The Kier molecular flexibility index (Phi) is 7.14. The summed E-state index contributed by atoms with van der Waals surface area (Å²) in [6, 6.07) is 7.84. The number of ketones is 1. The van der Waals surface area contributed by atoms with Crippen LogP contribution >= 0.6 is 0 Å². The Hall–Kier alpha value is -2.71. The number of nitrogens with one attached hydrogen (secondary N) is 3. The molecule has 3 atom stereocenters. The first-order valence-electron chi connectivity index (χ1n) is 12.1. The maximum absolute atomic E-state index is 14.1. The first-order chi connectivity index (χ1) is 15.9. The van der Waals surface area contributed by atoms with Gasteiger partial charge < -0.3 is 25.8 Å². The fraction of sp³-hybridized carbons (Fsp3) is 0.560. The van der Waals surface area contributed by atoms with Crippen LogP contribution in [-0.2, 0) is 16.1 Å². The smallest absolute Gasteiger partial charge is 0.237 e. The molecule has 8 heteroatoms. The lowest BCUT2D eigenvalue weighted by Crippen LogP contribution is -2.46. The van der Waals surface area contributed by atoms with E-state index in [9.17, 15) is 9.59 Å². The van der Waals surface area contributed by atoms with Gasteiger partial charge in [-0.05, 0) is 70.1 Å². The molecule has 0 saturated carbocycles. The van der Waals surface area contributed by atoms with Gasteiger partial charge in [-0.2, -0.15) is 0 Å². The summed E-state index contributed by atoms with van der Waals surface area (Å²) >= 11 is 0. The van der Waals surface area contributed by atoms with E-state index in [0.29, 0.717) is 18.2 Å². The molecule has 178 valence electrons. The number of hydrogen-bond donors (Lipinski definition) is 4. The maximum Gasteiger partial charge on any atom is 0.237 e. The lowest BCUT2D eigenvalue weighted by molar-refractivity contribution is -0.137. The number of benzene rings is 1. The Bertz CT molecular complexity index is 1040. The fourth-order valence-corrected chi connectivity index (χ4v) is 5.56. The number of carbonyl (C=O) groups is 2. The number of likely N-dealkylation sites (N-methyl/N-ethyl adjacent to an activating group) is 1. The van der Waals surface area contributed by atoms with E-state index in [0.717, 1.165) is 61.8 Å². The monoisotopic (exact) mass is 452 g/mol. The molecule has 0 radical (unpaired) electrons. The van der Waals surface area contributed by atoms with Crippen molar-refractivity contribution in [3.63, 3.8) is 0 Å². The summed E-state index contributed by atoms with van der Waals surface area (Å²) in [4.78, 5) is 28.5. The summed E-state index contributed by atoms with van der Waals surface area (Å²) in [6.45, 7) is 4.68. The molecule has 3 heterocycles. The highest BCUT2D eigenvalue weighted by Crippen LogP contribution is 2.34. The number of rotatable bonds is 9. The second-order valence-corrected chi connectivity index (χ2v) is 9.26. The number of aryl methyl sites for hydroxylation is 1. The van der Waals surface area contributed by atoms with Gasteiger partial charge in [0.2, 0.25) is 5.91 Å². The normalized spacial score (nSPS) is 21.6. The molecule has 1 aromatic heterocycles. The topological polar surface area (TPSA) is 116 Å². The van der Waals surface area contributed by atoms with Crippen molar-refractivity contribution in [1.82, 2.24) is 20.1 Å². The van der Waals surface area contributed by atoms with Gasteiger partial charge >= 0.3 is 0 Å². The van der Waals surface area contributed by atoms with Gasteiger partial charge in [0.1, 0.15) is 5.84 Å². The average molecular weight is 453 g/mol. The highest BCUT2D eigenvalue weighted by Gasteiger charge is 2.39. The summed E-state index contributed by atoms with van der Waals surface area (Å²) in [5.41, 5.74) is 8.41. The Morgan fingerprint density at radius 1 is 1.27 bits per heavy atom. The molecule has 33 heavy (non-hydrogen) atoms. The molecule has 2 aromatic rings. The van der Waals surface area contributed by atoms with Gasteiger partial charge in [0, 0.05) is 35.9 Å². The number of likely N-dealkylation sites (tertiary alicyclic amines) is 1. The van der Waals surface area contributed by atoms with Crippen LogP contribution in [0.1, 0.15) is 56.2 Å². The third-order valence-corrected chi connectivity index (χ3v) is 7.18. The van der Waals surface area contributed by atoms with E-state index in [1.807, 2.05) is 18.2 Å². The second-order valence-electron chi connectivity index (χ2n) is 9.26. The number of nitrogens with two attached hydrogens (primary N) is 1. The molecular formula is C25H36N6O2. The minimum absolute atomic E-state index is 0.00627. The minimum Gasteiger partial charge on any atom is -0.384 e. The van der Waals surface area contributed by atoms with Gasteiger partial charge in [0.05, 0.1) is 18.5 Å². The number of carbonyl (C=O) groups excluding carboxylic acids is 2. The van der Waals surface area contributed by atoms with Crippen LogP contribution in [0.2, 0.25) is 0 Å². The van der Waals surface area contributed by atoms with Crippen molar-refractivity contribution in [2.45, 2.75) is 63.6 Å². The highest BCUT2D eigenvalue weighted by molar-refractivity contribution is 6.00. The Balaban J connectivity index is 1.74. The van der Waals surface area contributed by atoms with Crippen LogP contribution in [0.5, 0.6) is 0 Å². The third-order valence-electron chi connectivity index (χ3n) is 7.18. The van der Waals surface area contributed by atoms with Crippen molar-refractivity contribution < 1.29 is 9.59 Å². The molecule has 0 spiro atoms. The predicted octanol–water partition coefficient (Wildman–Crippen LogP) is 1.95. The highest BCUT2D eigenvalue weighted by atomic mass is 16.2. The predicted molar refractivity (Wildman–Crippen MR) is 131 cm³/mol. The van der Waals surface area contributed by atoms with Crippen LogP contribution in [0.3, 0.4) is 0 Å². The van der Waals surface area contributed by atoms with Crippen molar-refractivity contribution in [2.75, 3.05) is 26.7 Å². The number of aromatic nitrogens is 1. The number of fused-ring (bicyclic) bond motifs is 1. The first kappa shape index (κ1) is 23.4. The summed E-state index contributed by atoms with van der Waals surface area (Å²) in [6.07, 6.45) is 4.51. The number of nitrogen functional groups attached to an aromatic ring is 1. The van der Waals surface area contributed by atoms with Crippen LogP contribution < -0.4 is 16.4 Å². The average Bonchev–Trinajstić information content (AvgIpc) is 3.56. The maximum atomic E-state index is 14.1. The van der Waals surface area contributed by atoms with Crippen molar-refractivity contribution in [3.05, 3.63) is 35.5 Å². The number of Topliss-reactive ketones (excluding diaryl/α,β-unsaturated/α-hetero) is 1. The van der Waals surface area contributed by atoms with E-state index >= 15 is 0 Å². The molecule has 0 bridgehead atoms. The van der Waals surface area contributed by atoms with Gasteiger partial charge in [0.25, 0.3) is 0 Å². The largest absolute Gasteiger partial charge is 0.384 e. The lowest BCUT2D eigenvalue weighted by atomic mass is 9.87. The van der Waals surface area contributed by atoms with Crippen LogP contribution in [0.25, 0.3) is 10.9 Å². The molecule has 2 fully saturated rings. The number of amides is 1. The van der Waals surface area contributed by atoms with Crippen molar-refractivity contribution >= 4 is 28.4 Å². The van der Waals surface area contributed by atoms with Gasteiger partial charge in [-0.25, -0.2) is 0 Å². The molecular weight excluding hydrogens is 416 g/mol. The first-order valence-corrected chi connectivity index (χ1v) is 12.1. The molecule has 8 nitrogen and oxygen atoms in total. The van der Waals surface area contributed by atoms with Gasteiger partial charge in [-0.3, -0.25) is 15.0 Å². The molecule has 2 aliphatic rings. The number of hydrogen-bond acceptors (Lipinski definition) is 5. The Morgan fingerprint density at radius 3 is 2.76 bits per heavy atom. The zero-order chi connectivity index (χ0) is 23.5. The summed E-state index contributed by atoms with van der Waals surface area (Å²) in [5.74, 6) is -0.111. The zero-order valence-electron chi connectivity index (χ0n) is 19.7. The zero-order valence-corrected chi connectivity index (χ0v) is 19.7. The van der Waals surface area contributed by atoms with Gasteiger partial charge in [-0.15, -0.1) is 0 Å². The van der Waals surface area contributed by atoms with E-state index in [1.54, 1.807) is 11.9 Å². The quantitative estimate of drug-likeness (QED) is 0.343. The molecule has 2 saturated heterocycles. The van der Waals surface area contributed by atoms with Crippen LogP contribution in [0.4, 0.5) is 0 Å². The van der Waals surface area contributed by atoms with Crippen LogP contribution in [0.15, 0.2) is 24.3 Å². The Labute approximate surface area is 195 Å². The molecule has 1 unspecified atom stereocenters. The molecule has 2 aliphatic heterocycles. The van der Waals surface area contributed by atoms with Crippen molar-refractivity contribution in [3.8, 4) is 0 Å². The summed E-state index contributed by atoms with van der Waals surface area (Å²) < 4.78 is 2.19. The number of nitrogens with zero attached hydrogens (tertiary/aromatic N) is 2. The third kappa shape index (κ3) is 4.68. The Morgan fingerprint density at radius 2 is 2.09 bits per heavy atom. The molecule has 1 amide bonds. The SMILES string of the molecule is CCn1c(C(C[C@@H]2CCCN2)C(=O)[C@H]2CCCN2C(=O)CNC)cc2ccc(C(=N)N)cc21. The van der Waals surface area contributed by atoms with Crippen molar-refractivity contribution in [2.24, 2.45) is 5.73 Å². The van der Waals surface area contributed by atoms with Gasteiger partial charge in [-0.1, -0.05) is 12.1 Å². The standard InChI is InChI=1S/C25H36N6O2/c1-3-30-21-13-17(25(26)27)9-8-16(21)12-22(30)19(14-18-6-4-10-29-18)24(33)20-7-5-11-31(20)23(32)15-28-2/h8-9,12-13,18-20,28-29H,3-7,10-11,14-15H2,1-2H3,(H3,26,27)/t18-,19?,20+/m0/s1. The van der Waals surface area contributed by atoms with E-state index in [1.165, 1.54) is 0 Å². The second kappa shape index (κ2) is 10.1. The fourth-order valence-electron chi connectivity index (χ4n) is 5.56. The van der Waals surface area contributed by atoms with E-state index < -0.39 is 0 Å². The van der Waals surface area contributed by atoms with E-state index in [-0.39, 0.29) is 36.0 Å². The molecule has 4 rings (SSSR count). The molecule has 5 N–H and O–H groups in total. The van der Waals surface area contributed by atoms with E-state index in [4.69, 9.17) is 11.1 Å². The number of amidine groups is 1. The van der Waals surface area contributed by atoms with Crippen LogP contribution in [-0.4, -0.2) is 65.8 Å². The van der Waals surface area contributed by atoms with Gasteiger partial charge in [0.15, 0.2) is 5.78 Å². The van der Waals surface area contributed by atoms with Crippen molar-refractivity contribution in [1.29, 1.82) is 5.41 Å². The lowest BCUT2D eigenvalue weighted by Gasteiger charge is -2.29. The molecule has 0 aliphatic carbocycles.